The second kappa shape index (κ2) is 6.53. The molecule has 0 saturated carbocycles. The van der Waals surface area contributed by atoms with Gasteiger partial charge in [-0.2, -0.15) is 0 Å². The fourth-order valence-corrected chi connectivity index (χ4v) is 1.91. The van der Waals surface area contributed by atoms with Crippen molar-refractivity contribution in [2.45, 2.75) is 13.3 Å². The van der Waals surface area contributed by atoms with Crippen LogP contribution in [0.15, 0.2) is 42.5 Å². The number of rotatable bonds is 5. The molecule has 20 heavy (non-hydrogen) atoms. The molecule has 0 bridgehead atoms. The molecule has 0 N–H and O–H groups in total. The molecule has 0 unspecified atom stereocenters. The largest absolute Gasteiger partial charge is 0.494 e. The Bertz CT molecular complexity index is 608. The zero-order valence-corrected chi connectivity index (χ0v) is 11.8. The van der Waals surface area contributed by atoms with Crippen LogP contribution in [0.1, 0.15) is 29.3 Å². The van der Waals surface area contributed by atoms with Crippen LogP contribution in [0.5, 0.6) is 5.75 Å². The lowest BCUT2D eigenvalue weighted by molar-refractivity contribution is 0.103. The number of ketones is 1. The Hall–Kier alpha value is -1.87. The first-order chi connectivity index (χ1) is 9.61. The number of carbonyl (C=O) groups is 1. The standard InChI is InChI=1S/C16H14ClFO2/c1-2-9-20-13-6-3-11(4-7-13)16(19)14-8-5-12(17)10-15(14)18/h3-8,10H,2,9H2,1H3. The van der Waals surface area contributed by atoms with Crippen molar-refractivity contribution < 1.29 is 13.9 Å². The second-order valence-electron chi connectivity index (χ2n) is 4.33. The third-order valence-corrected chi connectivity index (χ3v) is 3.00. The van der Waals surface area contributed by atoms with Crippen LogP contribution in [-0.4, -0.2) is 12.4 Å². The summed E-state index contributed by atoms with van der Waals surface area (Å²) in [6.45, 7) is 2.64. The molecule has 0 aromatic heterocycles. The fraction of sp³-hybridized carbons (Fsp3) is 0.188. The van der Waals surface area contributed by atoms with Gasteiger partial charge in [-0.05, 0) is 48.9 Å². The van der Waals surface area contributed by atoms with E-state index in [1.165, 1.54) is 12.1 Å². The molecule has 0 saturated heterocycles. The van der Waals surface area contributed by atoms with Gasteiger partial charge in [0.2, 0.25) is 0 Å². The summed E-state index contributed by atoms with van der Waals surface area (Å²) in [4.78, 5) is 12.2. The highest BCUT2D eigenvalue weighted by Crippen LogP contribution is 2.20. The molecule has 2 rings (SSSR count). The molecule has 0 aliphatic heterocycles. The lowest BCUT2D eigenvalue weighted by Crippen LogP contribution is -2.04. The molecule has 0 radical (unpaired) electrons. The van der Waals surface area contributed by atoms with E-state index in [1.54, 1.807) is 24.3 Å². The van der Waals surface area contributed by atoms with Crippen molar-refractivity contribution in [3.8, 4) is 5.75 Å². The molecular weight excluding hydrogens is 279 g/mol. The fourth-order valence-electron chi connectivity index (χ4n) is 1.75. The molecule has 0 aliphatic carbocycles. The molecule has 104 valence electrons. The maximum atomic E-state index is 13.7. The lowest BCUT2D eigenvalue weighted by Gasteiger charge is -2.06. The predicted octanol–water partition coefficient (Wildman–Crippen LogP) is 4.50. The number of ether oxygens (including phenoxy) is 1. The van der Waals surface area contributed by atoms with Crippen LogP contribution in [0.2, 0.25) is 5.02 Å². The normalized spacial score (nSPS) is 10.3. The minimum absolute atomic E-state index is 0.0108. The van der Waals surface area contributed by atoms with E-state index in [9.17, 15) is 9.18 Å². The average Bonchev–Trinajstić information content (AvgIpc) is 2.45. The minimum Gasteiger partial charge on any atom is -0.494 e. The summed E-state index contributed by atoms with van der Waals surface area (Å²) >= 11 is 5.67. The van der Waals surface area contributed by atoms with Crippen molar-refractivity contribution in [1.29, 1.82) is 0 Å². The van der Waals surface area contributed by atoms with Gasteiger partial charge in [0.15, 0.2) is 5.78 Å². The Labute approximate surface area is 122 Å². The summed E-state index contributed by atoms with van der Waals surface area (Å²) in [7, 11) is 0. The molecule has 2 aromatic carbocycles. The van der Waals surface area contributed by atoms with E-state index < -0.39 is 5.82 Å². The van der Waals surface area contributed by atoms with Crippen molar-refractivity contribution in [3.05, 3.63) is 64.4 Å². The second-order valence-corrected chi connectivity index (χ2v) is 4.76. The van der Waals surface area contributed by atoms with Gasteiger partial charge in [-0.25, -0.2) is 4.39 Å². The molecule has 0 atom stereocenters. The van der Waals surface area contributed by atoms with Crippen LogP contribution in [0, 0.1) is 5.82 Å². The summed E-state index contributed by atoms with van der Waals surface area (Å²) in [6, 6.07) is 10.7. The van der Waals surface area contributed by atoms with E-state index in [0.29, 0.717) is 17.9 Å². The molecule has 0 amide bonds. The first-order valence-electron chi connectivity index (χ1n) is 6.34. The molecule has 0 heterocycles. The Kier molecular flexibility index (Phi) is 4.74. The summed E-state index contributed by atoms with van der Waals surface area (Å²) in [5.74, 6) is -0.296. The molecule has 0 spiro atoms. The van der Waals surface area contributed by atoms with Gasteiger partial charge in [0.05, 0.1) is 12.2 Å². The molecular formula is C16H14ClFO2. The van der Waals surface area contributed by atoms with Crippen molar-refractivity contribution in [3.63, 3.8) is 0 Å². The maximum absolute atomic E-state index is 13.7. The van der Waals surface area contributed by atoms with E-state index in [-0.39, 0.29) is 16.4 Å². The highest BCUT2D eigenvalue weighted by molar-refractivity contribution is 6.30. The van der Waals surface area contributed by atoms with Gasteiger partial charge in [0, 0.05) is 10.6 Å². The maximum Gasteiger partial charge on any atom is 0.195 e. The van der Waals surface area contributed by atoms with Crippen molar-refractivity contribution >= 4 is 17.4 Å². The van der Waals surface area contributed by atoms with Crippen LogP contribution in [0.25, 0.3) is 0 Å². The molecule has 4 heteroatoms. The highest BCUT2D eigenvalue weighted by atomic mass is 35.5. The van der Waals surface area contributed by atoms with Gasteiger partial charge >= 0.3 is 0 Å². The highest BCUT2D eigenvalue weighted by Gasteiger charge is 2.14. The van der Waals surface area contributed by atoms with Crippen LogP contribution in [-0.2, 0) is 0 Å². The first-order valence-corrected chi connectivity index (χ1v) is 6.72. The Morgan fingerprint density at radius 2 is 1.90 bits per heavy atom. The summed E-state index contributed by atoms with van der Waals surface area (Å²) in [5.41, 5.74) is 0.423. The number of halogens is 2. The monoisotopic (exact) mass is 292 g/mol. The Balaban J connectivity index is 2.20. The topological polar surface area (TPSA) is 26.3 Å². The Morgan fingerprint density at radius 3 is 2.50 bits per heavy atom. The number of benzene rings is 2. The number of carbonyl (C=O) groups excluding carboxylic acids is 1. The average molecular weight is 293 g/mol. The minimum atomic E-state index is -0.617. The summed E-state index contributed by atoms with van der Waals surface area (Å²) < 4.78 is 19.1. The van der Waals surface area contributed by atoms with E-state index in [2.05, 4.69) is 0 Å². The molecule has 0 fully saturated rings. The summed E-state index contributed by atoms with van der Waals surface area (Å²) in [5, 5.41) is 0.266. The van der Waals surface area contributed by atoms with Gasteiger partial charge in [0.25, 0.3) is 0 Å². The van der Waals surface area contributed by atoms with Crippen molar-refractivity contribution in [1.82, 2.24) is 0 Å². The quantitative estimate of drug-likeness (QED) is 0.759. The molecule has 2 nitrogen and oxygen atoms in total. The zero-order chi connectivity index (χ0) is 14.5. The first kappa shape index (κ1) is 14.5. The zero-order valence-electron chi connectivity index (χ0n) is 11.0. The van der Waals surface area contributed by atoms with Crippen LogP contribution >= 0.6 is 11.6 Å². The molecule has 0 aliphatic rings. The van der Waals surface area contributed by atoms with Crippen LogP contribution < -0.4 is 4.74 Å². The van der Waals surface area contributed by atoms with Crippen LogP contribution in [0.3, 0.4) is 0 Å². The third-order valence-electron chi connectivity index (χ3n) is 2.77. The smallest absolute Gasteiger partial charge is 0.195 e. The number of hydrogen-bond acceptors (Lipinski definition) is 2. The van der Waals surface area contributed by atoms with Gasteiger partial charge in [-0.1, -0.05) is 18.5 Å². The van der Waals surface area contributed by atoms with Gasteiger partial charge < -0.3 is 4.74 Å². The third kappa shape index (κ3) is 3.36. The van der Waals surface area contributed by atoms with Gasteiger partial charge in [-0.3, -0.25) is 4.79 Å². The Morgan fingerprint density at radius 1 is 1.20 bits per heavy atom. The predicted molar refractivity (Wildman–Crippen MR) is 77.1 cm³/mol. The number of hydrogen-bond donors (Lipinski definition) is 0. The van der Waals surface area contributed by atoms with Gasteiger partial charge in [0.1, 0.15) is 11.6 Å². The van der Waals surface area contributed by atoms with Crippen LogP contribution in [0.4, 0.5) is 4.39 Å². The summed E-state index contributed by atoms with van der Waals surface area (Å²) in [6.07, 6.45) is 0.913. The van der Waals surface area contributed by atoms with E-state index in [1.807, 2.05) is 6.92 Å². The SMILES string of the molecule is CCCOc1ccc(C(=O)c2ccc(Cl)cc2F)cc1. The van der Waals surface area contributed by atoms with Crippen molar-refractivity contribution in [2.24, 2.45) is 0 Å². The molecule has 2 aromatic rings. The van der Waals surface area contributed by atoms with Gasteiger partial charge in [-0.15, -0.1) is 0 Å². The van der Waals surface area contributed by atoms with E-state index in [4.69, 9.17) is 16.3 Å². The lowest BCUT2D eigenvalue weighted by atomic mass is 10.0. The van der Waals surface area contributed by atoms with E-state index >= 15 is 0 Å². The van der Waals surface area contributed by atoms with Crippen molar-refractivity contribution in [2.75, 3.05) is 6.61 Å². The van der Waals surface area contributed by atoms with E-state index in [0.717, 1.165) is 12.5 Å².